The van der Waals surface area contributed by atoms with Crippen LogP contribution in [0.3, 0.4) is 0 Å². The second kappa shape index (κ2) is 6.68. The van der Waals surface area contributed by atoms with E-state index in [4.69, 9.17) is 5.73 Å². The van der Waals surface area contributed by atoms with Gasteiger partial charge >= 0.3 is 0 Å². The fourth-order valence-corrected chi connectivity index (χ4v) is 2.33. The molecule has 0 spiro atoms. The third-order valence-electron chi connectivity index (χ3n) is 2.55. The summed E-state index contributed by atoms with van der Waals surface area (Å²) in [6.07, 6.45) is 0. The summed E-state index contributed by atoms with van der Waals surface area (Å²) in [4.78, 5) is 0. The van der Waals surface area contributed by atoms with Gasteiger partial charge in [0.15, 0.2) is 0 Å². The van der Waals surface area contributed by atoms with Crippen LogP contribution in [0.25, 0.3) is 0 Å². The number of hydrogen-bond donors (Lipinski definition) is 1. The third kappa shape index (κ3) is 4.33. The minimum Gasteiger partial charge on any atom is -0.320 e. The van der Waals surface area contributed by atoms with Gasteiger partial charge in [-0.15, -0.1) is 0 Å². The van der Waals surface area contributed by atoms with E-state index < -0.39 is 10.2 Å². The van der Waals surface area contributed by atoms with Crippen molar-refractivity contribution in [2.24, 2.45) is 5.73 Å². The molecule has 0 atom stereocenters. The van der Waals surface area contributed by atoms with Crippen molar-refractivity contribution in [1.29, 1.82) is 0 Å². The normalized spacial score (nSPS) is 11.5. The second-order valence-electron chi connectivity index (χ2n) is 4.25. The lowest BCUT2D eigenvalue weighted by Crippen LogP contribution is -2.36. The zero-order chi connectivity index (χ0) is 14.5. The van der Waals surface area contributed by atoms with Crippen LogP contribution in [0.15, 0.2) is 24.3 Å². The van der Waals surface area contributed by atoms with Gasteiger partial charge in [0.2, 0.25) is 0 Å². The summed E-state index contributed by atoms with van der Waals surface area (Å²) >= 11 is 0. The summed E-state index contributed by atoms with van der Waals surface area (Å²) in [7, 11) is 1.20. The summed E-state index contributed by atoms with van der Waals surface area (Å²) < 4.78 is 26.2. The Hall–Kier alpha value is -1.39. The van der Waals surface area contributed by atoms with Crippen LogP contribution in [-0.4, -0.2) is 44.7 Å². The highest BCUT2D eigenvalue weighted by Crippen LogP contribution is 2.10. The third-order valence-corrected chi connectivity index (χ3v) is 4.39. The van der Waals surface area contributed by atoms with Crippen LogP contribution in [-0.2, 0) is 16.8 Å². The van der Waals surface area contributed by atoms with E-state index in [9.17, 15) is 8.42 Å². The maximum atomic E-state index is 11.9. The zero-order valence-corrected chi connectivity index (χ0v) is 12.2. The summed E-state index contributed by atoms with van der Waals surface area (Å²) in [5.74, 6) is 5.69. The maximum Gasteiger partial charge on any atom is 0.281 e. The first kappa shape index (κ1) is 15.7. The lowest BCUT2D eigenvalue weighted by molar-refractivity contribution is 0.414. The van der Waals surface area contributed by atoms with Crippen molar-refractivity contribution in [3.8, 4) is 11.8 Å². The van der Waals surface area contributed by atoms with Gasteiger partial charge in [-0.25, -0.2) is 0 Å². The molecule has 0 aromatic heterocycles. The van der Waals surface area contributed by atoms with Crippen molar-refractivity contribution >= 4 is 10.2 Å². The molecular formula is C13H19N3O2S. The molecule has 0 aliphatic rings. The van der Waals surface area contributed by atoms with Crippen molar-refractivity contribution < 1.29 is 8.42 Å². The van der Waals surface area contributed by atoms with E-state index in [0.717, 1.165) is 11.1 Å². The molecule has 1 rings (SSSR count). The van der Waals surface area contributed by atoms with Gasteiger partial charge in [0.1, 0.15) is 0 Å². The molecule has 104 valence electrons. The molecule has 6 heteroatoms. The average molecular weight is 281 g/mol. The average Bonchev–Trinajstić information content (AvgIpc) is 2.37. The molecule has 2 N–H and O–H groups in total. The quantitative estimate of drug-likeness (QED) is 0.804. The minimum atomic E-state index is -3.38. The Morgan fingerprint density at radius 3 is 2.21 bits per heavy atom. The molecule has 0 heterocycles. The maximum absolute atomic E-state index is 11.9. The number of nitrogens with zero attached hydrogens (tertiary/aromatic N) is 2. The largest absolute Gasteiger partial charge is 0.320 e. The molecule has 0 radical (unpaired) electrons. The van der Waals surface area contributed by atoms with E-state index in [-0.39, 0.29) is 0 Å². The predicted octanol–water partition coefficient (Wildman–Crippen LogP) is 0.235. The van der Waals surface area contributed by atoms with Gasteiger partial charge in [-0.3, -0.25) is 0 Å². The summed E-state index contributed by atoms with van der Waals surface area (Å²) in [6, 6.07) is 7.44. The Bertz CT molecular complexity index is 568. The molecule has 5 nitrogen and oxygen atoms in total. The van der Waals surface area contributed by atoms with Gasteiger partial charge in [0.25, 0.3) is 10.2 Å². The van der Waals surface area contributed by atoms with Crippen LogP contribution in [0.5, 0.6) is 0 Å². The van der Waals surface area contributed by atoms with E-state index >= 15 is 0 Å². The van der Waals surface area contributed by atoms with Crippen LogP contribution in [0.1, 0.15) is 11.1 Å². The topological polar surface area (TPSA) is 66.6 Å². The Kier molecular flexibility index (Phi) is 5.51. The van der Waals surface area contributed by atoms with Crippen molar-refractivity contribution in [2.45, 2.75) is 6.54 Å². The summed E-state index contributed by atoms with van der Waals surface area (Å²) in [6.45, 7) is 0.649. The standard InChI is InChI=1S/C13H19N3O2S/c1-15(2)19(17,18)16(3)11-13-8-6-12(7-9-13)5-4-10-14/h6-9H,10-11,14H2,1-3H3. The first-order valence-corrected chi connectivity index (χ1v) is 7.19. The van der Waals surface area contributed by atoms with E-state index in [0.29, 0.717) is 13.1 Å². The van der Waals surface area contributed by atoms with E-state index in [1.165, 1.54) is 22.7 Å². The molecule has 0 bridgehead atoms. The molecule has 0 aliphatic carbocycles. The van der Waals surface area contributed by atoms with Gasteiger partial charge in [-0.2, -0.15) is 17.0 Å². The molecule has 0 fully saturated rings. The Balaban J connectivity index is 2.79. The van der Waals surface area contributed by atoms with Gasteiger partial charge in [0, 0.05) is 33.3 Å². The zero-order valence-electron chi connectivity index (χ0n) is 11.4. The van der Waals surface area contributed by atoms with Gasteiger partial charge in [-0.05, 0) is 17.7 Å². The minimum absolute atomic E-state index is 0.325. The van der Waals surface area contributed by atoms with Gasteiger partial charge < -0.3 is 5.73 Å². The van der Waals surface area contributed by atoms with Crippen molar-refractivity contribution in [3.63, 3.8) is 0 Å². The van der Waals surface area contributed by atoms with Crippen LogP contribution in [0.2, 0.25) is 0 Å². The van der Waals surface area contributed by atoms with Gasteiger partial charge in [-0.1, -0.05) is 24.0 Å². The highest BCUT2D eigenvalue weighted by molar-refractivity contribution is 7.86. The molecule has 0 saturated carbocycles. The first-order chi connectivity index (χ1) is 8.87. The lowest BCUT2D eigenvalue weighted by atomic mass is 10.1. The van der Waals surface area contributed by atoms with Crippen LogP contribution >= 0.6 is 0 Å². The molecule has 1 aromatic carbocycles. The summed E-state index contributed by atoms with van der Waals surface area (Å²) in [5.41, 5.74) is 7.07. The van der Waals surface area contributed by atoms with Crippen molar-refractivity contribution in [3.05, 3.63) is 35.4 Å². The van der Waals surface area contributed by atoms with Gasteiger partial charge in [0.05, 0.1) is 6.54 Å². The molecule has 0 aliphatic heterocycles. The number of nitrogens with two attached hydrogens (primary N) is 1. The SMILES string of the molecule is CN(C)S(=O)(=O)N(C)Cc1ccc(C#CCN)cc1. The van der Waals surface area contributed by atoms with E-state index in [2.05, 4.69) is 11.8 Å². The highest BCUT2D eigenvalue weighted by Gasteiger charge is 2.20. The molecule has 1 aromatic rings. The van der Waals surface area contributed by atoms with Crippen LogP contribution in [0, 0.1) is 11.8 Å². The van der Waals surface area contributed by atoms with Crippen LogP contribution in [0.4, 0.5) is 0 Å². The fourth-order valence-electron chi connectivity index (χ4n) is 1.46. The van der Waals surface area contributed by atoms with Crippen molar-refractivity contribution in [2.75, 3.05) is 27.7 Å². The van der Waals surface area contributed by atoms with E-state index in [1.54, 1.807) is 7.05 Å². The number of hydrogen-bond acceptors (Lipinski definition) is 3. The molecule has 0 saturated heterocycles. The van der Waals surface area contributed by atoms with Crippen LogP contribution < -0.4 is 5.73 Å². The molecule has 19 heavy (non-hydrogen) atoms. The second-order valence-corrected chi connectivity index (χ2v) is 6.50. The Morgan fingerprint density at radius 1 is 1.16 bits per heavy atom. The Morgan fingerprint density at radius 2 is 1.74 bits per heavy atom. The summed E-state index contributed by atoms with van der Waals surface area (Å²) in [5, 5.41) is 0. The fraction of sp³-hybridized carbons (Fsp3) is 0.385. The van der Waals surface area contributed by atoms with Crippen molar-refractivity contribution in [1.82, 2.24) is 8.61 Å². The molecule has 0 unspecified atom stereocenters. The molecular weight excluding hydrogens is 262 g/mol. The number of rotatable bonds is 4. The van der Waals surface area contributed by atoms with E-state index in [1.807, 2.05) is 24.3 Å². The monoisotopic (exact) mass is 281 g/mol. The smallest absolute Gasteiger partial charge is 0.281 e. The number of benzene rings is 1. The lowest BCUT2D eigenvalue weighted by Gasteiger charge is -2.21. The predicted molar refractivity (Wildman–Crippen MR) is 76.4 cm³/mol. The first-order valence-electron chi connectivity index (χ1n) is 5.79. The highest BCUT2D eigenvalue weighted by atomic mass is 32.2. The molecule has 0 amide bonds. The Labute approximate surface area is 115 Å².